The summed E-state index contributed by atoms with van der Waals surface area (Å²) >= 11 is 0. The lowest BCUT2D eigenvalue weighted by Gasteiger charge is -2.36. The maximum absolute atomic E-state index is 12.3. The molecule has 4 rings (SSSR count). The molecule has 0 spiro atoms. The van der Waals surface area contributed by atoms with Crippen LogP contribution < -0.4 is 5.32 Å². The number of nitrogens with zero attached hydrogens (tertiary/aromatic N) is 1. The molecule has 1 unspecified atom stereocenters. The van der Waals surface area contributed by atoms with E-state index >= 15 is 0 Å². The predicted octanol–water partition coefficient (Wildman–Crippen LogP) is 3.24. The minimum Gasteiger partial charge on any atom is -0.481 e. The number of amides is 2. The van der Waals surface area contributed by atoms with Crippen molar-refractivity contribution in [2.45, 2.75) is 25.7 Å². The number of hydrogen-bond acceptors (Lipinski definition) is 4. The fourth-order valence-electron chi connectivity index (χ4n) is 4.55. The second-order valence-corrected chi connectivity index (χ2v) is 8.68. The number of nitrogens with one attached hydrogen (secondary N) is 1. The van der Waals surface area contributed by atoms with Gasteiger partial charge in [0.05, 0.1) is 12.0 Å². The van der Waals surface area contributed by atoms with Crippen molar-refractivity contribution in [2.75, 3.05) is 26.2 Å². The van der Waals surface area contributed by atoms with Crippen LogP contribution in [0.5, 0.6) is 0 Å². The number of ether oxygens (including phenoxy) is 1. The van der Waals surface area contributed by atoms with Crippen LogP contribution in [0.3, 0.4) is 0 Å². The number of likely N-dealkylation sites (tertiary alicyclic amines) is 1. The Balaban J connectivity index is 1.28. The Morgan fingerprint density at radius 1 is 1.12 bits per heavy atom. The minimum absolute atomic E-state index is 0.0292. The van der Waals surface area contributed by atoms with Crippen molar-refractivity contribution in [1.82, 2.24) is 10.2 Å². The Labute approximate surface area is 192 Å². The molecule has 0 radical (unpaired) electrons. The summed E-state index contributed by atoms with van der Waals surface area (Å²) in [7, 11) is 0. The zero-order chi connectivity index (χ0) is 23.4. The van der Waals surface area contributed by atoms with Gasteiger partial charge in [-0.3, -0.25) is 9.59 Å². The molecule has 1 aliphatic heterocycles. The molecule has 0 saturated carbocycles. The van der Waals surface area contributed by atoms with E-state index in [2.05, 4.69) is 29.3 Å². The van der Waals surface area contributed by atoms with Gasteiger partial charge in [-0.1, -0.05) is 54.5 Å². The molecule has 2 aliphatic rings. The summed E-state index contributed by atoms with van der Waals surface area (Å²) < 4.78 is 5.44. The Morgan fingerprint density at radius 3 is 2.39 bits per heavy atom. The maximum atomic E-state index is 12.3. The highest BCUT2D eigenvalue weighted by Crippen LogP contribution is 2.44. The van der Waals surface area contributed by atoms with Crippen molar-refractivity contribution >= 4 is 18.0 Å². The van der Waals surface area contributed by atoms with E-state index in [0.29, 0.717) is 19.4 Å². The highest BCUT2D eigenvalue weighted by Gasteiger charge is 2.39. The fourth-order valence-corrected chi connectivity index (χ4v) is 4.55. The molecule has 2 aromatic rings. The summed E-state index contributed by atoms with van der Waals surface area (Å²) in [4.78, 5) is 37.4. The average molecular weight is 447 g/mol. The average Bonchev–Trinajstić information content (AvgIpc) is 3.14. The van der Waals surface area contributed by atoms with E-state index in [-0.39, 0.29) is 25.6 Å². The number of hydrogen-bond donors (Lipinski definition) is 2. The third-order valence-corrected chi connectivity index (χ3v) is 6.36. The topological polar surface area (TPSA) is 95.9 Å². The van der Waals surface area contributed by atoms with Crippen LogP contribution in [0.15, 0.2) is 48.5 Å². The van der Waals surface area contributed by atoms with Gasteiger partial charge in [-0.15, -0.1) is 0 Å². The molecule has 7 heteroatoms. The molecule has 1 saturated heterocycles. The Kier molecular flexibility index (Phi) is 6.36. The van der Waals surface area contributed by atoms with E-state index in [1.807, 2.05) is 36.4 Å². The van der Waals surface area contributed by atoms with Crippen LogP contribution in [0, 0.1) is 17.3 Å². The number of rotatable bonds is 4. The van der Waals surface area contributed by atoms with Gasteiger partial charge in [0.15, 0.2) is 0 Å². The number of carboxylic acid groups (broad SMARTS) is 1. The standard InChI is InChI=1S/C26H26N2O5/c1-26(24(30)31)13-7-15-28(17-26)23(29)12-6-14-27-25(32)33-16-22-20-10-4-2-8-18(20)19-9-3-5-11-21(19)22/h2-5,8-11,22H,7,13-17H2,1H3,(H,27,32)(H,30,31). The lowest BCUT2D eigenvalue weighted by molar-refractivity contribution is -0.152. The zero-order valence-electron chi connectivity index (χ0n) is 18.5. The number of alkyl carbamates (subject to hydrolysis) is 1. The van der Waals surface area contributed by atoms with Gasteiger partial charge in [-0.2, -0.15) is 0 Å². The first-order valence-corrected chi connectivity index (χ1v) is 11.0. The molecule has 1 fully saturated rings. The van der Waals surface area contributed by atoms with Gasteiger partial charge in [0, 0.05) is 19.0 Å². The molecule has 1 heterocycles. The number of piperidine rings is 1. The van der Waals surface area contributed by atoms with Crippen molar-refractivity contribution in [3.8, 4) is 23.0 Å². The fraction of sp³-hybridized carbons (Fsp3) is 0.346. The molecule has 2 aromatic carbocycles. The van der Waals surface area contributed by atoms with Gasteiger partial charge in [-0.05, 0) is 47.9 Å². The van der Waals surface area contributed by atoms with Crippen LogP contribution in [0.2, 0.25) is 0 Å². The third kappa shape index (κ3) is 4.70. The zero-order valence-corrected chi connectivity index (χ0v) is 18.5. The van der Waals surface area contributed by atoms with Crippen LogP contribution in [-0.4, -0.2) is 54.2 Å². The molecule has 1 atom stereocenters. The van der Waals surface area contributed by atoms with Gasteiger partial charge < -0.3 is 20.1 Å². The highest BCUT2D eigenvalue weighted by atomic mass is 16.5. The molecule has 2 amide bonds. The molecule has 1 aliphatic carbocycles. The minimum atomic E-state index is -0.949. The first kappa shape index (κ1) is 22.4. The van der Waals surface area contributed by atoms with Crippen molar-refractivity contribution in [3.63, 3.8) is 0 Å². The summed E-state index contributed by atoms with van der Waals surface area (Å²) in [6.07, 6.45) is 0.548. The summed E-state index contributed by atoms with van der Waals surface area (Å²) in [5, 5.41) is 11.9. The van der Waals surface area contributed by atoms with Crippen LogP contribution in [0.4, 0.5) is 4.79 Å². The molecular formula is C26H26N2O5. The van der Waals surface area contributed by atoms with Gasteiger partial charge in [0.25, 0.3) is 5.91 Å². The van der Waals surface area contributed by atoms with E-state index in [1.165, 1.54) is 4.90 Å². The molecule has 7 nitrogen and oxygen atoms in total. The first-order chi connectivity index (χ1) is 15.9. The second kappa shape index (κ2) is 9.37. The van der Waals surface area contributed by atoms with E-state index < -0.39 is 23.4 Å². The number of carbonyl (C=O) groups excluding carboxylic acids is 2. The predicted molar refractivity (Wildman–Crippen MR) is 122 cm³/mol. The number of carboxylic acids is 1. The maximum Gasteiger partial charge on any atom is 0.407 e. The summed E-state index contributed by atoms with van der Waals surface area (Å²) in [5.41, 5.74) is 3.62. The van der Waals surface area contributed by atoms with E-state index in [4.69, 9.17) is 4.74 Å². The van der Waals surface area contributed by atoms with Crippen LogP contribution in [0.25, 0.3) is 11.1 Å². The first-order valence-electron chi connectivity index (χ1n) is 11.0. The van der Waals surface area contributed by atoms with E-state index in [1.54, 1.807) is 6.92 Å². The highest BCUT2D eigenvalue weighted by molar-refractivity contribution is 5.94. The largest absolute Gasteiger partial charge is 0.481 e. The second-order valence-electron chi connectivity index (χ2n) is 8.68. The van der Waals surface area contributed by atoms with Crippen molar-refractivity contribution in [3.05, 3.63) is 59.7 Å². The van der Waals surface area contributed by atoms with Gasteiger partial charge in [0.1, 0.15) is 6.61 Å². The summed E-state index contributed by atoms with van der Waals surface area (Å²) in [6.45, 7) is 2.42. The van der Waals surface area contributed by atoms with E-state index in [0.717, 1.165) is 22.3 Å². The lowest BCUT2D eigenvalue weighted by Crippen LogP contribution is -2.48. The number of aliphatic carboxylic acids is 1. The smallest absolute Gasteiger partial charge is 0.407 e. The van der Waals surface area contributed by atoms with Gasteiger partial charge in [-0.25, -0.2) is 4.79 Å². The summed E-state index contributed by atoms with van der Waals surface area (Å²) in [5.74, 6) is 3.73. The monoisotopic (exact) mass is 446 g/mol. The molecule has 33 heavy (non-hydrogen) atoms. The Bertz CT molecular complexity index is 1100. The molecule has 2 N–H and O–H groups in total. The number of fused-ring (bicyclic) bond motifs is 3. The van der Waals surface area contributed by atoms with Crippen LogP contribution >= 0.6 is 0 Å². The normalized spacial score (nSPS) is 19.0. The number of benzene rings is 2. The van der Waals surface area contributed by atoms with Crippen molar-refractivity contribution in [1.29, 1.82) is 0 Å². The van der Waals surface area contributed by atoms with Gasteiger partial charge in [0.2, 0.25) is 0 Å². The van der Waals surface area contributed by atoms with Crippen molar-refractivity contribution < 1.29 is 24.2 Å². The summed E-state index contributed by atoms with van der Waals surface area (Å²) in [6, 6.07) is 16.2. The van der Waals surface area contributed by atoms with Crippen LogP contribution in [0.1, 0.15) is 36.8 Å². The third-order valence-electron chi connectivity index (χ3n) is 6.36. The molecular weight excluding hydrogens is 420 g/mol. The Hall–Kier alpha value is -3.79. The Morgan fingerprint density at radius 2 is 1.76 bits per heavy atom. The molecule has 0 bridgehead atoms. The number of carbonyl (C=O) groups is 3. The SMILES string of the molecule is CC1(C(=O)O)CCCN(C(=O)C#CCNC(=O)OCC2c3ccccc3-c3ccccc32)C1. The van der Waals surface area contributed by atoms with Crippen LogP contribution in [-0.2, 0) is 14.3 Å². The van der Waals surface area contributed by atoms with Crippen molar-refractivity contribution in [2.24, 2.45) is 5.41 Å². The van der Waals surface area contributed by atoms with Gasteiger partial charge >= 0.3 is 12.1 Å². The quantitative estimate of drug-likeness (QED) is 0.703. The molecule has 0 aromatic heterocycles. The molecule has 170 valence electrons. The lowest BCUT2D eigenvalue weighted by atomic mass is 9.82. The van der Waals surface area contributed by atoms with E-state index in [9.17, 15) is 19.5 Å².